The predicted octanol–water partition coefficient (Wildman–Crippen LogP) is 8.07. The van der Waals surface area contributed by atoms with Gasteiger partial charge in [-0.3, -0.25) is 14.4 Å². The van der Waals surface area contributed by atoms with E-state index in [0.29, 0.717) is 13.0 Å². The van der Waals surface area contributed by atoms with E-state index in [9.17, 15) is 14.4 Å². The lowest BCUT2D eigenvalue weighted by Crippen LogP contribution is -2.56. The third-order valence-electron chi connectivity index (χ3n) is 9.02. The average Bonchev–Trinajstić information content (AvgIpc) is 3.21. The van der Waals surface area contributed by atoms with Crippen LogP contribution in [-0.2, 0) is 28.6 Å². The first-order chi connectivity index (χ1) is 21.5. The number of allylic oxidation sites excluding steroid dienone is 2. The summed E-state index contributed by atoms with van der Waals surface area (Å²) in [5, 5.41) is 6.01. The molecule has 8 nitrogen and oxygen atoms in total. The molecule has 2 amide bonds. The molecule has 1 aliphatic heterocycles. The summed E-state index contributed by atoms with van der Waals surface area (Å²) in [5.41, 5.74) is -0.476. The molecule has 2 fully saturated rings. The summed E-state index contributed by atoms with van der Waals surface area (Å²) >= 11 is 0. The normalized spacial score (nSPS) is 22.9. The van der Waals surface area contributed by atoms with E-state index in [0.717, 1.165) is 57.8 Å². The molecule has 0 bridgehead atoms. The molecular formula is C37H66N2O6. The molecule has 0 aromatic rings. The van der Waals surface area contributed by atoms with Gasteiger partial charge in [0.25, 0.3) is 0 Å². The van der Waals surface area contributed by atoms with Crippen molar-refractivity contribution in [3.05, 3.63) is 12.2 Å². The lowest BCUT2D eigenvalue weighted by Gasteiger charge is -2.44. The van der Waals surface area contributed by atoms with Gasteiger partial charge in [0.1, 0.15) is 12.2 Å². The molecule has 1 aliphatic carbocycles. The first-order valence-corrected chi connectivity index (χ1v) is 18.3. The second kappa shape index (κ2) is 21.8. The molecule has 0 aromatic heterocycles. The van der Waals surface area contributed by atoms with Crippen LogP contribution < -0.4 is 10.6 Å². The predicted molar refractivity (Wildman–Crippen MR) is 181 cm³/mol. The van der Waals surface area contributed by atoms with Crippen molar-refractivity contribution in [1.82, 2.24) is 10.6 Å². The van der Waals surface area contributed by atoms with Gasteiger partial charge in [-0.2, -0.15) is 0 Å². The van der Waals surface area contributed by atoms with Gasteiger partial charge in [0.2, 0.25) is 11.8 Å². The summed E-state index contributed by atoms with van der Waals surface area (Å²) in [7, 11) is 0. The third kappa shape index (κ3) is 17.0. The highest BCUT2D eigenvalue weighted by Gasteiger charge is 2.45. The van der Waals surface area contributed by atoms with Crippen LogP contribution in [0.25, 0.3) is 0 Å². The molecule has 2 N–H and O–H groups in total. The molecule has 0 aromatic carbocycles. The molecule has 1 heterocycles. The number of carbonyl (C=O) groups is 3. The number of ether oxygens (including phenoxy) is 3. The Labute approximate surface area is 274 Å². The van der Waals surface area contributed by atoms with E-state index < -0.39 is 17.3 Å². The SMILES string of the molecule is CCCCCCCC/C=C\CCCCCCCC(=O)NC1CCCCCC1OC(=O)CCNC(=O)C1OC(C)(C)OCC1(C)C. The van der Waals surface area contributed by atoms with Crippen molar-refractivity contribution in [1.29, 1.82) is 0 Å². The minimum absolute atomic E-state index is 0.0508. The molecule has 2 rings (SSSR count). The van der Waals surface area contributed by atoms with Crippen LogP contribution in [0, 0.1) is 5.41 Å². The summed E-state index contributed by atoms with van der Waals surface area (Å²) in [6, 6.07) is -0.152. The Morgan fingerprint density at radius 1 is 0.800 bits per heavy atom. The number of hydrogen-bond acceptors (Lipinski definition) is 6. The van der Waals surface area contributed by atoms with Crippen LogP contribution in [0.3, 0.4) is 0 Å². The van der Waals surface area contributed by atoms with E-state index >= 15 is 0 Å². The second-order valence-electron chi connectivity index (χ2n) is 14.4. The van der Waals surface area contributed by atoms with Crippen LogP contribution in [0.15, 0.2) is 12.2 Å². The zero-order valence-corrected chi connectivity index (χ0v) is 29.4. The second-order valence-corrected chi connectivity index (χ2v) is 14.4. The molecule has 0 radical (unpaired) electrons. The maximum absolute atomic E-state index is 12.8. The largest absolute Gasteiger partial charge is 0.460 e. The van der Waals surface area contributed by atoms with Crippen molar-refractivity contribution in [3.8, 4) is 0 Å². The zero-order chi connectivity index (χ0) is 33.0. The number of hydrogen-bond donors (Lipinski definition) is 2. The first kappa shape index (κ1) is 39.2. The van der Waals surface area contributed by atoms with Crippen molar-refractivity contribution in [2.24, 2.45) is 5.41 Å². The molecule has 3 atom stereocenters. The standard InChI is InChI=1S/C37H66N2O6/c1-6-7-8-9-10-11-12-13-14-15-16-17-18-19-23-26-32(40)39-30-24-21-20-22-25-31(30)44-33(41)27-28-38-35(42)34-36(2,3)29-43-37(4,5)45-34/h13-14,30-31,34H,6-12,15-29H2,1-5H3,(H,38,42)(H,39,40)/b14-13-. The van der Waals surface area contributed by atoms with Crippen molar-refractivity contribution in [2.45, 2.75) is 187 Å². The summed E-state index contributed by atoms with van der Waals surface area (Å²) in [6.07, 6.45) is 25.0. The molecular weight excluding hydrogens is 568 g/mol. The quantitative estimate of drug-likeness (QED) is 0.0573. The van der Waals surface area contributed by atoms with Crippen molar-refractivity contribution >= 4 is 17.8 Å². The van der Waals surface area contributed by atoms with Gasteiger partial charge < -0.3 is 24.8 Å². The number of rotatable bonds is 21. The Morgan fingerprint density at radius 3 is 2.11 bits per heavy atom. The van der Waals surface area contributed by atoms with Gasteiger partial charge in [-0.15, -0.1) is 0 Å². The molecule has 1 saturated carbocycles. The molecule has 3 unspecified atom stereocenters. The van der Waals surface area contributed by atoms with E-state index in [1.165, 1.54) is 57.8 Å². The van der Waals surface area contributed by atoms with Crippen molar-refractivity contribution < 1.29 is 28.6 Å². The number of amides is 2. The number of nitrogens with one attached hydrogen (secondary N) is 2. The van der Waals surface area contributed by atoms with Gasteiger partial charge in [0.05, 0.1) is 19.1 Å². The van der Waals surface area contributed by atoms with Crippen molar-refractivity contribution in [2.75, 3.05) is 13.2 Å². The molecule has 0 spiro atoms. The number of esters is 1. The highest BCUT2D eigenvalue weighted by Crippen LogP contribution is 2.34. The minimum Gasteiger partial charge on any atom is -0.460 e. The third-order valence-corrected chi connectivity index (χ3v) is 9.02. The summed E-state index contributed by atoms with van der Waals surface area (Å²) in [5.74, 6) is -1.39. The van der Waals surface area contributed by atoms with Crippen molar-refractivity contribution in [3.63, 3.8) is 0 Å². The zero-order valence-electron chi connectivity index (χ0n) is 29.4. The van der Waals surface area contributed by atoms with Gasteiger partial charge in [-0.1, -0.05) is 97.1 Å². The van der Waals surface area contributed by atoms with Gasteiger partial charge in [0, 0.05) is 18.4 Å². The molecule has 2 aliphatic rings. The fraction of sp³-hybridized carbons (Fsp3) is 0.865. The van der Waals surface area contributed by atoms with E-state index in [-0.39, 0.29) is 42.9 Å². The van der Waals surface area contributed by atoms with Gasteiger partial charge >= 0.3 is 5.97 Å². The van der Waals surface area contributed by atoms with Crippen LogP contribution in [-0.4, -0.2) is 55.0 Å². The van der Waals surface area contributed by atoms with E-state index in [1.54, 1.807) is 13.8 Å². The smallest absolute Gasteiger partial charge is 0.307 e. The Bertz CT molecular complexity index is 886. The van der Waals surface area contributed by atoms with Gasteiger partial charge in [0.15, 0.2) is 5.79 Å². The number of unbranched alkanes of at least 4 members (excludes halogenated alkanes) is 11. The van der Waals surface area contributed by atoms with Crippen LogP contribution in [0.5, 0.6) is 0 Å². The maximum atomic E-state index is 12.8. The lowest BCUT2D eigenvalue weighted by molar-refractivity contribution is -0.304. The maximum Gasteiger partial charge on any atom is 0.307 e. The fourth-order valence-corrected chi connectivity index (χ4v) is 6.14. The average molecular weight is 635 g/mol. The Balaban J connectivity index is 1.59. The summed E-state index contributed by atoms with van der Waals surface area (Å²) in [4.78, 5) is 38.3. The molecule has 1 saturated heterocycles. The number of carbonyl (C=O) groups excluding carboxylic acids is 3. The lowest BCUT2D eigenvalue weighted by atomic mass is 9.85. The van der Waals surface area contributed by atoms with Crippen LogP contribution in [0.2, 0.25) is 0 Å². The molecule has 45 heavy (non-hydrogen) atoms. The van der Waals surface area contributed by atoms with Crippen LogP contribution in [0.1, 0.15) is 163 Å². The van der Waals surface area contributed by atoms with Crippen LogP contribution >= 0.6 is 0 Å². The van der Waals surface area contributed by atoms with E-state index in [4.69, 9.17) is 14.2 Å². The Kier molecular flexibility index (Phi) is 19.0. The van der Waals surface area contributed by atoms with Crippen LogP contribution in [0.4, 0.5) is 0 Å². The molecule has 8 heteroatoms. The highest BCUT2D eigenvalue weighted by atomic mass is 16.7. The topological polar surface area (TPSA) is 103 Å². The van der Waals surface area contributed by atoms with Gasteiger partial charge in [-0.25, -0.2) is 0 Å². The van der Waals surface area contributed by atoms with E-state index in [1.807, 2.05) is 13.8 Å². The summed E-state index contributed by atoms with van der Waals surface area (Å²) < 4.78 is 17.4. The molecule has 260 valence electrons. The monoisotopic (exact) mass is 634 g/mol. The highest BCUT2D eigenvalue weighted by molar-refractivity contribution is 5.82. The van der Waals surface area contributed by atoms with Gasteiger partial charge in [-0.05, 0) is 65.2 Å². The fourth-order valence-electron chi connectivity index (χ4n) is 6.14. The summed E-state index contributed by atoms with van der Waals surface area (Å²) in [6.45, 7) is 10.3. The van der Waals surface area contributed by atoms with E-state index in [2.05, 4.69) is 29.7 Å². The first-order valence-electron chi connectivity index (χ1n) is 18.3. The minimum atomic E-state index is -0.834. The Morgan fingerprint density at radius 2 is 1.42 bits per heavy atom. The Hall–Kier alpha value is -1.93.